The lowest BCUT2D eigenvalue weighted by atomic mass is 9.84. The van der Waals surface area contributed by atoms with Gasteiger partial charge in [-0.15, -0.1) is 0 Å². The second-order valence-corrected chi connectivity index (χ2v) is 6.28. The molecule has 108 valence electrons. The van der Waals surface area contributed by atoms with E-state index in [2.05, 4.69) is 36.5 Å². The van der Waals surface area contributed by atoms with Crippen molar-refractivity contribution in [2.75, 3.05) is 6.54 Å². The predicted octanol–water partition coefficient (Wildman–Crippen LogP) is 3.37. The van der Waals surface area contributed by atoms with Crippen LogP contribution in [0.15, 0.2) is 24.3 Å². The number of rotatable bonds is 2. The van der Waals surface area contributed by atoms with Crippen molar-refractivity contribution in [3.8, 4) is 11.3 Å². The highest BCUT2D eigenvalue weighted by Crippen LogP contribution is 2.36. The fourth-order valence-electron chi connectivity index (χ4n) is 3.16. The second kappa shape index (κ2) is 5.23. The maximum Gasteiger partial charge on any atom is 0.132 e. The molecule has 2 heterocycles. The van der Waals surface area contributed by atoms with Gasteiger partial charge in [-0.2, -0.15) is 0 Å². The first kappa shape index (κ1) is 13.0. The Kier molecular flexibility index (Phi) is 3.23. The van der Waals surface area contributed by atoms with Crippen molar-refractivity contribution in [3.05, 3.63) is 46.9 Å². The molecule has 1 aliphatic carbocycles. The van der Waals surface area contributed by atoms with Crippen LogP contribution in [0.25, 0.3) is 11.3 Å². The minimum Gasteiger partial charge on any atom is -0.312 e. The highest BCUT2D eigenvalue weighted by Gasteiger charge is 2.26. The zero-order valence-electron chi connectivity index (χ0n) is 12.5. The highest BCUT2D eigenvalue weighted by molar-refractivity contribution is 5.64. The number of nitrogens with one attached hydrogen (secondary N) is 1. The van der Waals surface area contributed by atoms with Crippen LogP contribution in [0.5, 0.6) is 0 Å². The summed E-state index contributed by atoms with van der Waals surface area (Å²) < 4.78 is 0. The molecule has 21 heavy (non-hydrogen) atoms. The van der Waals surface area contributed by atoms with Crippen LogP contribution in [-0.4, -0.2) is 16.5 Å². The topological polar surface area (TPSA) is 37.8 Å². The van der Waals surface area contributed by atoms with E-state index >= 15 is 0 Å². The Labute approximate surface area is 125 Å². The van der Waals surface area contributed by atoms with Gasteiger partial charge in [0.1, 0.15) is 5.82 Å². The van der Waals surface area contributed by atoms with Gasteiger partial charge < -0.3 is 5.32 Å². The molecule has 1 aromatic heterocycles. The molecule has 1 fully saturated rings. The molecule has 0 bridgehead atoms. The van der Waals surface area contributed by atoms with Gasteiger partial charge in [0.05, 0.1) is 11.4 Å². The number of hydrogen-bond acceptors (Lipinski definition) is 3. The van der Waals surface area contributed by atoms with Crippen molar-refractivity contribution in [3.63, 3.8) is 0 Å². The van der Waals surface area contributed by atoms with Crippen LogP contribution in [0.2, 0.25) is 0 Å². The lowest BCUT2D eigenvalue weighted by Gasteiger charge is -2.27. The summed E-state index contributed by atoms with van der Waals surface area (Å²) >= 11 is 0. The SMILES string of the molecule is Cc1ccc(-c2nc(C3CCC3)nc3c2CNCC3)cc1. The van der Waals surface area contributed by atoms with E-state index in [0.29, 0.717) is 5.92 Å². The molecule has 2 aromatic rings. The van der Waals surface area contributed by atoms with Crippen molar-refractivity contribution >= 4 is 0 Å². The van der Waals surface area contributed by atoms with Crippen LogP contribution in [0.3, 0.4) is 0 Å². The number of hydrogen-bond donors (Lipinski definition) is 1. The van der Waals surface area contributed by atoms with Crippen LogP contribution in [0.1, 0.15) is 47.8 Å². The number of aryl methyl sites for hydroxylation is 1. The van der Waals surface area contributed by atoms with Crippen molar-refractivity contribution in [1.82, 2.24) is 15.3 Å². The predicted molar refractivity (Wildman–Crippen MR) is 84.2 cm³/mol. The second-order valence-electron chi connectivity index (χ2n) is 6.28. The largest absolute Gasteiger partial charge is 0.312 e. The maximum atomic E-state index is 4.96. The summed E-state index contributed by atoms with van der Waals surface area (Å²) in [5, 5.41) is 3.46. The Hall–Kier alpha value is -1.74. The van der Waals surface area contributed by atoms with Crippen LogP contribution >= 0.6 is 0 Å². The molecular weight excluding hydrogens is 258 g/mol. The van der Waals surface area contributed by atoms with Crippen LogP contribution in [-0.2, 0) is 13.0 Å². The monoisotopic (exact) mass is 279 g/mol. The van der Waals surface area contributed by atoms with E-state index in [9.17, 15) is 0 Å². The molecule has 0 radical (unpaired) electrons. The number of nitrogens with zero attached hydrogens (tertiary/aromatic N) is 2. The van der Waals surface area contributed by atoms with Gasteiger partial charge in [0.15, 0.2) is 0 Å². The summed E-state index contributed by atoms with van der Waals surface area (Å²) in [6.07, 6.45) is 4.86. The molecule has 0 atom stereocenters. The first-order chi connectivity index (χ1) is 10.3. The fourth-order valence-corrected chi connectivity index (χ4v) is 3.16. The molecule has 1 aliphatic heterocycles. The maximum absolute atomic E-state index is 4.96. The molecule has 0 unspecified atom stereocenters. The summed E-state index contributed by atoms with van der Waals surface area (Å²) in [5.74, 6) is 1.67. The lowest BCUT2D eigenvalue weighted by molar-refractivity contribution is 0.399. The molecule has 4 rings (SSSR count). The molecule has 0 saturated heterocycles. The number of aromatic nitrogens is 2. The molecule has 0 spiro atoms. The van der Waals surface area contributed by atoms with Crippen LogP contribution < -0.4 is 5.32 Å². The third-order valence-corrected chi connectivity index (χ3v) is 4.75. The molecule has 0 amide bonds. The van der Waals surface area contributed by atoms with E-state index in [1.54, 1.807) is 0 Å². The molecule has 1 aromatic carbocycles. The van der Waals surface area contributed by atoms with Gasteiger partial charge in [-0.05, 0) is 19.8 Å². The standard InChI is InChI=1S/C18H21N3/c1-12-5-7-13(8-6-12)17-15-11-19-10-9-16(15)20-18(21-17)14-3-2-4-14/h5-8,14,19H,2-4,9-11H2,1H3. The van der Waals surface area contributed by atoms with Crippen molar-refractivity contribution in [1.29, 1.82) is 0 Å². The van der Waals surface area contributed by atoms with E-state index < -0.39 is 0 Å². The molecular formula is C18H21N3. The third kappa shape index (κ3) is 2.36. The Morgan fingerprint density at radius 3 is 2.62 bits per heavy atom. The zero-order chi connectivity index (χ0) is 14.2. The molecule has 2 aliphatic rings. The van der Waals surface area contributed by atoms with Crippen molar-refractivity contribution < 1.29 is 0 Å². The first-order valence-electron chi connectivity index (χ1n) is 7.99. The van der Waals surface area contributed by atoms with Gasteiger partial charge in [-0.3, -0.25) is 0 Å². The molecule has 3 nitrogen and oxygen atoms in total. The Bertz CT molecular complexity index is 657. The van der Waals surface area contributed by atoms with Gasteiger partial charge in [0.25, 0.3) is 0 Å². The van der Waals surface area contributed by atoms with Crippen molar-refractivity contribution in [2.45, 2.75) is 45.1 Å². The zero-order valence-corrected chi connectivity index (χ0v) is 12.5. The van der Waals surface area contributed by atoms with Crippen LogP contribution in [0, 0.1) is 6.92 Å². The minimum absolute atomic E-state index is 0.592. The van der Waals surface area contributed by atoms with E-state index in [0.717, 1.165) is 31.0 Å². The Morgan fingerprint density at radius 2 is 1.90 bits per heavy atom. The highest BCUT2D eigenvalue weighted by atomic mass is 15.0. The van der Waals surface area contributed by atoms with E-state index in [4.69, 9.17) is 9.97 Å². The molecule has 3 heteroatoms. The number of fused-ring (bicyclic) bond motifs is 1. The summed E-state index contributed by atoms with van der Waals surface area (Å²) in [5.41, 5.74) is 6.23. The summed E-state index contributed by atoms with van der Waals surface area (Å²) in [4.78, 5) is 9.84. The third-order valence-electron chi connectivity index (χ3n) is 4.75. The smallest absolute Gasteiger partial charge is 0.132 e. The van der Waals surface area contributed by atoms with Crippen LogP contribution in [0.4, 0.5) is 0 Å². The van der Waals surface area contributed by atoms with Gasteiger partial charge in [-0.25, -0.2) is 9.97 Å². The molecule has 1 saturated carbocycles. The average molecular weight is 279 g/mol. The summed E-state index contributed by atoms with van der Waals surface area (Å²) in [6, 6.07) is 8.72. The first-order valence-corrected chi connectivity index (χ1v) is 7.99. The average Bonchev–Trinajstić information content (AvgIpc) is 2.45. The van der Waals surface area contributed by atoms with Gasteiger partial charge in [0.2, 0.25) is 0 Å². The molecule has 1 N–H and O–H groups in total. The summed E-state index contributed by atoms with van der Waals surface area (Å²) in [7, 11) is 0. The Morgan fingerprint density at radius 1 is 1.10 bits per heavy atom. The Balaban J connectivity index is 1.84. The van der Waals surface area contributed by atoms with Gasteiger partial charge in [-0.1, -0.05) is 36.2 Å². The quantitative estimate of drug-likeness (QED) is 0.916. The van der Waals surface area contributed by atoms with Gasteiger partial charge in [0, 0.05) is 36.6 Å². The van der Waals surface area contributed by atoms with E-state index in [1.165, 1.54) is 41.6 Å². The van der Waals surface area contributed by atoms with Crippen molar-refractivity contribution in [2.24, 2.45) is 0 Å². The van der Waals surface area contributed by atoms with E-state index in [1.807, 2.05) is 0 Å². The summed E-state index contributed by atoms with van der Waals surface area (Å²) in [6.45, 7) is 4.05. The van der Waals surface area contributed by atoms with E-state index in [-0.39, 0.29) is 0 Å². The fraction of sp³-hybridized carbons (Fsp3) is 0.444. The lowest BCUT2D eigenvalue weighted by Crippen LogP contribution is -2.27. The minimum atomic E-state index is 0.592. The number of benzene rings is 1. The van der Waals surface area contributed by atoms with Gasteiger partial charge >= 0.3 is 0 Å². The normalized spacial score (nSPS) is 18.1.